The molecule has 4 heterocycles. The minimum absolute atomic E-state index is 0.115. The molecule has 4 aromatic rings. The molecule has 1 aliphatic heterocycles. The first-order valence-corrected chi connectivity index (χ1v) is 9.68. The standard InChI is InChI=1S/C22H19N5O3/c1-13-12-15(23-19-17(13)20(28)25-22(30)24-19)21(29)27-11-10-26-9-5-8-16(26)18(27)14-6-3-2-4-7-14/h2-9,12,18H,10-11H2,1H3,(H2,23,24,25,28,30). The smallest absolute Gasteiger partial charge is 0.327 e. The summed E-state index contributed by atoms with van der Waals surface area (Å²) in [4.78, 5) is 48.2. The number of aromatic nitrogens is 4. The molecule has 0 fully saturated rings. The second kappa shape index (κ2) is 6.84. The molecule has 0 saturated carbocycles. The molecule has 150 valence electrons. The lowest BCUT2D eigenvalue weighted by Crippen LogP contribution is -2.42. The van der Waals surface area contributed by atoms with E-state index in [-0.39, 0.29) is 28.7 Å². The van der Waals surface area contributed by atoms with Crippen LogP contribution in [0.4, 0.5) is 0 Å². The Morgan fingerprint density at radius 2 is 1.87 bits per heavy atom. The molecule has 0 aliphatic carbocycles. The Morgan fingerprint density at radius 1 is 1.07 bits per heavy atom. The second-order valence-electron chi connectivity index (χ2n) is 7.39. The summed E-state index contributed by atoms with van der Waals surface area (Å²) in [5, 5.41) is 0.276. The van der Waals surface area contributed by atoms with Crippen LogP contribution in [0.1, 0.15) is 33.4 Å². The van der Waals surface area contributed by atoms with Gasteiger partial charge < -0.3 is 9.47 Å². The Hall–Kier alpha value is -3.94. The fraction of sp³-hybridized carbons (Fsp3) is 0.182. The Balaban J connectivity index is 1.63. The van der Waals surface area contributed by atoms with Gasteiger partial charge in [0.05, 0.1) is 11.4 Å². The second-order valence-corrected chi connectivity index (χ2v) is 7.39. The summed E-state index contributed by atoms with van der Waals surface area (Å²) in [7, 11) is 0. The summed E-state index contributed by atoms with van der Waals surface area (Å²) in [6, 6.07) is 15.2. The van der Waals surface area contributed by atoms with Crippen molar-refractivity contribution >= 4 is 16.9 Å². The molecule has 1 unspecified atom stereocenters. The predicted octanol–water partition coefficient (Wildman–Crippen LogP) is 1.97. The van der Waals surface area contributed by atoms with Crippen molar-refractivity contribution in [2.45, 2.75) is 19.5 Å². The van der Waals surface area contributed by atoms with Crippen molar-refractivity contribution in [3.05, 3.63) is 98.1 Å². The number of hydrogen-bond acceptors (Lipinski definition) is 4. The Bertz CT molecular complexity index is 1380. The molecule has 8 nitrogen and oxygen atoms in total. The van der Waals surface area contributed by atoms with Crippen LogP contribution in [0.2, 0.25) is 0 Å². The third-order valence-electron chi connectivity index (χ3n) is 5.54. The molecule has 30 heavy (non-hydrogen) atoms. The molecule has 1 aliphatic rings. The highest BCUT2D eigenvalue weighted by atomic mass is 16.2. The van der Waals surface area contributed by atoms with E-state index in [2.05, 4.69) is 19.5 Å². The summed E-state index contributed by atoms with van der Waals surface area (Å²) in [5.41, 5.74) is 1.76. The molecule has 5 rings (SSSR count). The number of rotatable bonds is 2. The fourth-order valence-corrected chi connectivity index (χ4v) is 4.20. The molecule has 0 spiro atoms. The largest absolute Gasteiger partial charge is 0.348 e. The molecule has 0 bridgehead atoms. The van der Waals surface area contributed by atoms with Crippen molar-refractivity contribution < 1.29 is 4.79 Å². The normalized spacial score (nSPS) is 15.9. The van der Waals surface area contributed by atoms with Crippen LogP contribution in [-0.4, -0.2) is 36.9 Å². The van der Waals surface area contributed by atoms with E-state index < -0.39 is 11.2 Å². The monoisotopic (exact) mass is 401 g/mol. The minimum Gasteiger partial charge on any atom is -0.348 e. The van der Waals surface area contributed by atoms with Gasteiger partial charge in [-0.15, -0.1) is 0 Å². The van der Waals surface area contributed by atoms with Gasteiger partial charge in [0, 0.05) is 25.0 Å². The van der Waals surface area contributed by atoms with E-state index >= 15 is 0 Å². The van der Waals surface area contributed by atoms with E-state index in [1.807, 2.05) is 48.7 Å². The van der Waals surface area contributed by atoms with E-state index in [0.29, 0.717) is 18.7 Å². The molecule has 8 heteroatoms. The van der Waals surface area contributed by atoms with Gasteiger partial charge in [-0.2, -0.15) is 0 Å². The van der Waals surface area contributed by atoms with Crippen molar-refractivity contribution in [2.24, 2.45) is 0 Å². The number of carbonyl (C=O) groups excluding carboxylic acids is 1. The van der Waals surface area contributed by atoms with Gasteiger partial charge in [-0.25, -0.2) is 9.78 Å². The van der Waals surface area contributed by atoms with Crippen LogP contribution in [0, 0.1) is 6.92 Å². The van der Waals surface area contributed by atoms with E-state index in [0.717, 1.165) is 11.3 Å². The van der Waals surface area contributed by atoms with E-state index in [9.17, 15) is 14.4 Å². The molecular weight excluding hydrogens is 382 g/mol. The lowest BCUT2D eigenvalue weighted by atomic mass is 9.99. The quantitative estimate of drug-likeness (QED) is 0.536. The lowest BCUT2D eigenvalue weighted by Gasteiger charge is -2.37. The zero-order chi connectivity index (χ0) is 20.8. The molecule has 1 aromatic carbocycles. The van der Waals surface area contributed by atoms with E-state index in [1.54, 1.807) is 17.9 Å². The first-order chi connectivity index (χ1) is 14.5. The average Bonchev–Trinajstić information content (AvgIpc) is 3.21. The summed E-state index contributed by atoms with van der Waals surface area (Å²) in [5.74, 6) is -0.248. The predicted molar refractivity (Wildman–Crippen MR) is 111 cm³/mol. The highest BCUT2D eigenvalue weighted by molar-refractivity contribution is 5.95. The van der Waals surface area contributed by atoms with Crippen LogP contribution in [0.3, 0.4) is 0 Å². The van der Waals surface area contributed by atoms with Crippen molar-refractivity contribution in [2.75, 3.05) is 6.54 Å². The number of hydrogen-bond donors (Lipinski definition) is 2. The lowest BCUT2D eigenvalue weighted by molar-refractivity contribution is 0.0658. The molecule has 1 atom stereocenters. The summed E-state index contributed by atoms with van der Waals surface area (Å²) < 4.78 is 2.15. The minimum atomic E-state index is -0.651. The Kier molecular flexibility index (Phi) is 4.13. The van der Waals surface area contributed by atoms with Crippen LogP contribution >= 0.6 is 0 Å². The van der Waals surface area contributed by atoms with Gasteiger partial charge in [0.25, 0.3) is 11.5 Å². The number of pyridine rings is 1. The van der Waals surface area contributed by atoms with Crippen LogP contribution in [0.25, 0.3) is 11.0 Å². The number of H-pyrrole nitrogens is 2. The maximum Gasteiger partial charge on any atom is 0.327 e. The third kappa shape index (κ3) is 2.85. The number of amides is 1. The fourth-order valence-electron chi connectivity index (χ4n) is 4.20. The number of benzene rings is 1. The van der Waals surface area contributed by atoms with Gasteiger partial charge in [-0.1, -0.05) is 30.3 Å². The number of nitrogens with zero attached hydrogens (tertiary/aromatic N) is 3. The van der Waals surface area contributed by atoms with Crippen molar-refractivity contribution in [3.8, 4) is 0 Å². The molecule has 0 radical (unpaired) electrons. The summed E-state index contributed by atoms with van der Waals surface area (Å²) in [6.07, 6.45) is 2.02. The van der Waals surface area contributed by atoms with Crippen molar-refractivity contribution in [1.29, 1.82) is 0 Å². The first kappa shape index (κ1) is 18.1. The zero-order valence-electron chi connectivity index (χ0n) is 16.3. The number of fused-ring (bicyclic) bond motifs is 2. The van der Waals surface area contributed by atoms with Gasteiger partial charge in [0.1, 0.15) is 11.3 Å². The van der Waals surface area contributed by atoms with Gasteiger partial charge in [-0.05, 0) is 36.2 Å². The first-order valence-electron chi connectivity index (χ1n) is 9.68. The van der Waals surface area contributed by atoms with Crippen molar-refractivity contribution in [3.63, 3.8) is 0 Å². The molecule has 3 aromatic heterocycles. The third-order valence-corrected chi connectivity index (χ3v) is 5.54. The van der Waals surface area contributed by atoms with Crippen molar-refractivity contribution in [1.82, 2.24) is 24.4 Å². The Morgan fingerprint density at radius 3 is 2.67 bits per heavy atom. The van der Waals surface area contributed by atoms with Gasteiger partial charge in [0.2, 0.25) is 0 Å². The van der Waals surface area contributed by atoms with Crippen LogP contribution in [0.5, 0.6) is 0 Å². The van der Waals surface area contributed by atoms with E-state index in [4.69, 9.17) is 0 Å². The van der Waals surface area contributed by atoms with E-state index in [1.165, 1.54) is 0 Å². The summed E-state index contributed by atoms with van der Waals surface area (Å²) in [6.45, 7) is 2.93. The summed E-state index contributed by atoms with van der Waals surface area (Å²) >= 11 is 0. The maximum absolute atomic E-state index is 13.6. The Labute approximate surface area is 170 Å². The van der Waals surface area contributed by atoms with Crippen LogP contribution in [0.15, 0.2) is 64.3 Å². The number of nitrogens with one attached hydrogen (secondary N) is 2. The molecule has 2 N–H and O–H groups in total. The van der Waals surface area contributed by atoms with Gasteiger partial charge in [-0.3, -0.25) is 19.6 Å². The number of aromatic amines is 2. The zero-order valence-corrected chi connectivity index (χ0v) is 16.3. The SMILES string of the molecule is Cc1cc(C(=O)N2CCn3cccc3C2c2ccccc2)nc2[nH]c(=O)[nH]c(=O)c12. The van der Waals surface area contributed by atoms with Crippen LogP contribution in [-0.2, 0) is 6.54 Å². The number of aryl methyl sites for hydroxylation is 1. The average molecular weight is 401 g/mol. The maximum atomic E-state index is 13.6. The number of carbonyl (C=O) groups is 1. The van der Waals surface area contributed by atoms with Gasteiger partial charge >= 0.3 is 5.69 Å². The van der Waals surface area contributed by atoms with Gasteiger partial charge in [0.15, 0.2) is 0 Å². The molecular formula is C22H19N5O3. The molecule has 1 amide bonds. The molecule has 0 saturated heterocycles. The highest BCUT2D eigenvalue weighted by Gasteiger charge is 2.33. The van der Waals surface area contributed by atoms with Crippen LogP contribution < -0.4 is 11.2 Å². The topological polar surface area (TPSA) is 104 Å². The highest BCUT2D eigenvalue weighted by Crippen LogP contribution is 2.33.